The van der Waals surface area contributed by atoms with Crippen molar-refractivity contribution in [3.63, 3.8) is 0 Å². The molecule has 2 unspecified atom stereocenters. The van der Waals surface area contributed by atoms with Crippen molar-refractivity contribution in [2.45, 2.75) is 32.2 Å². The van der Waals surface area contributed by atoms with Crippen LogP contribution in [-0.4, -0.2) is 24.6 Å². The monoisotopic (exact) mass is 239 g/mol. The number of thiazole rings is 1. The van der Waals surface area contributed by atoms with Crippen molar-refractivity contribution in [3.8, 4) is 0 Å². The molecule has 90 valence electrons. The first kappa shape index (κ1) is 12.0. The van der Waals surface area contributed by atoms with Crippen LogP contribution in [0.1, 0.15) is 37.2 Å². The van der Waals surface area contributed by atoms with Crippen LogP contribution in [0.25, 0.3) is 0 Å². The predicted octanol–water partition coefficient (Wildman–Crippen LogP) is 2.18. The fourth-order valence-electron chi connectivity index (χ4n) is 2.21. The molecule has 1 aliphatic heterocycles. The molecular formula is C12H21N3S. The normalized spacial score (nSPS) is 23.2. The molecule has 1 aliphatic rings. The lowest BCUT2D eigenvalue weighted by Gasteiger charge is -2.23. The second kappa shape index (κ2) is 6.33. The highest BCUT2D eigenvalue weighted by Gasteiger charge is 2.13. The quantitative estimate of drug-likeness (QED) is 0.827. The van der Waals surface area contributed by atoms with Crippen molar-refractivity contribution >= 4 is 11.3 Å². The molecule has 4 heteroatoms. The number of piperidine rings is 1. The standard InChI is InChI=1S/C12H21N3S/c1-10(12-15-7-8-16-12)14-6-4-11-3-2-5-13-9-11/h7-8,10-11,13-14H,2-6,9H2,1H3. The number of aromatic nitrogens is 1. The second-order valence-corrected chi connectivity index (χ2v) is 5.47. The second-order valence-electron chi connectivity index (χ2n) is 4.55. The highest BCUT2D eigenvalue weighted by Crippen LogP contribution is 2.16. The summed E-state index contributed by atoms with van der Waals surface area (Å²) < 4.78 is 0. The summed E-state index contributed by atoms with van der Waals surface area (Å²) in [6.07, 6.45) is 5.89. The van der Waals surface area contributed by atoms with Crippen molar-refractivity contribution in [1.29, 1.82) is 0 Å². The van der Waals surface area contributed by atoms with E-state index in [1.54, 1.807) is 11.3 Å². The molecular weight excluding hydrogens is 218 g/mol. The van der Waals surface area contributed by atoms with Crippen molar-refractivity contribution in [3.05, 3.63) is 16.6 Å². The maximum Gasteiger partial charge on any atom is 0.109 e. The zero-order valence-corrected chi connectivity index (χ0v) is 10.7. The van der Waals surface area contributed by atoms with Gasteiger partial charge in [0.2, 0.25) is 0 Å². The van der Waals surface area contributed by atoms with Gasteiger partial charge in [-0.25, -0.2) is 4.98 Å². The van der Waals surface area contributed by atoms with Crippen LogP contribution in [0.15, 0.2) is 11.6 Å². The van der Waals surface area contributed by atoms with Crippen LogP contribution in [0, 0.1) is 5.92 Å². The Morgan fingerprint density at radius 3 is 3.31 bits per heavy atom. The topological polar surface area (TPSA) is 37.0 Å². The van der Waals surface area contributed by atoms with Crippen molar-refractivity contribution in [2.75, 3.05) is 19.6 Å². The first-order valence-corrected chi connectivity index (χ1v) is 7.07. The van der Waals surface area contributed by atoms with Crippen LogP contribution >= 0.6 is 11.3 Å². The summed E-state index contributed by atoms with van der Waals surface area (Å²) in [4.78, 5) is 4.33. The Morgan fingerprint density at radius 2 is 2.62 bits per heavy atom. The summed E-state index contributed by atoms with van der Waals surface area (Å²) >= 11 is 1.73. The predicted molar refractivity (Wildman–Crippen MR) is 68.7 cm³/mol. The van der Waals surface area contributed by atoms with Crippen LogP contribution in [0.4, 0.5) is 0 Å². The van der Waals surface area contributed by atoms with Crippen molar-refractivity contribution < 1.29 is 0 Å². The molecule has 16 heavy (non-hydrogen) atoms. The zero-order valence-electron chi connectivity index (χ0n) is 9.91. The largest absolute Gasteiger partial charge is 0.316 e. The van der Waals surface area contributed by atoms with Gasteiger partial charge in [0.15, 0.2) is 0 Å². The van der Waals surface area contributed by atoms with Gasteiger partial charge in [0, 0.05) is 11.6 Å². The van der Waals surface area contributed by atoms with E-state index in [4.69, 9.17) is 0 Å². The Hall–Kier alpha value is -0.450. The van der Waals surface area contributed by atoms with E-state index in [0.29, 0.717) is 6.04 Å². The van der Waals surface area contributed by atoms with Crippen molar-refractivity contribution in [2.24, 2.45) is 5.92 Å². The number of rotatable bonds is 5. The fourth-order valence-corrected chi connectivity index (χ4v) is 2.88. The van der Waals surface area contributed by atoms with E-state index >= 15 is 0 Å². The van der Waals surface area contributed by atoms with Gasteiger partial charge in [0.1, 0.15) is 5.01 Å². The van der Waals surface area contributed by atoms with E-state index in [1.165, 1.54) is 37.4 Å². The van der Waals surface area contributed by atoms with E-state index in [-0.39, 0.29) is 0 Å². The smallest absolute Gasteiger partial charge is 0.109 e. The Kier molecular flexibility index (Phi) is 4.75. The molecule has 3 nitrogen and oxygen atoms in total. The maximum absolute atomic E-state index is 4.33. The SMILES string of the molecule is CC(NCCC1CCCNC1)c1nccs1. The van der Waals surface area contributed by atoms with E-state index < -0.39 is 0 Å². The fraction of sp³-hybridized carbons (Fsp3) is 0.750. The minimum Gasteiger partial charge on any atom is -0.316 e. The third kappa shape index (κ3) is 3.54. The highest BCUT2D eigenvalue weighted by molar-refractivity contribution is 7.09. The molecule has 0 saturated carbocycles. The maximum atomic E-state index is 4.33. The number of nitrogens with one attached hydrogen (secondary N) is 2. The molecule has 1 saturated heterocycles. The van der Waals surface area contributed by atoms with E-state index in [2.05, 4.69) is 22.5 Å². The number of hydrogen-bond donors (Lipinski definition) is 2. The summed E-state index contributed by atoms with van der Waals surface area (Å²) in [5.41, 5.74) is 0. The first-order chi connectivity index (χ1) is 7.86. The van der Waals surface area contributed by atoms with Crippen LogP contribution in [0.2, 0.25) is 0 Å². The van der Waals surface area contributed by atoms with E-state index in [0.717, 1.165) is 12.5 Å². The summed E-state index contributed by atoms with van der Waals surface area (Å²) in [5.74, 6) is 0.866. The highest BCUT2D eigenvalue weighted by atomic mass is 32.1. The lowest BCUT2D eigenvalue weighted by Crippen LogP contribution is -2.32. The van der Waals surface area contributed by atoms with Gasteiger partial charge in [-0.1, -0.05) is 0 Å². The Morgan fingerprint density at radius 1 is 1.69 bits per heavy atom. The van der Waals surface area contributed by atoms with Gasteiger partial charge in [0.05, 0.1) is 6.04 Å². The minimum atomic E-state index is 0.400. The third-order valence-electron chi connectivity index (χ3n) is 3.22. The molecule has 0 spiro atoms. The lowest BCUT2D eigenvalue weighted by molar-refractivity contribution is 0.347. The van der Waals surface area contributed by atoms with E-state index in [9.17, 15) is 0 Å². The van der Waals surface area contributed by atoms with Gasteiger partial charge >= 0.3 is 0 Å². The molecule has 0 radical (unpaired) electrons. The molecule has 2 atom stereocenters. The Bertz CT molecular complexity index is 280. The molecule has 2 N–H and O–H groups in total. The van der Waals surface area contributed by atoms with Crippen molar-refractivity contribution in [1.82, 2.24) is 15.6 Å². The van der Waals surface area contributed by atoms with Gasteiger partial charge in [-0.3, -0.25) is 0 Å². The molecule has 2 heterocycles. The number of nitrogens with zero attached hydrogens (tertiary/aromatic N) is 1. The molecule has 0 aliphatic carbocycles. The molecule has 2 rings (SSSR count). The molecule has 1 aromatic rings. The summed E-state index contributed by atoms with van der Waals surface area (Å²) in [6, 6.07) is 0.400. The van der Waals surface area contributed by atoms with Crippen LogP contribution in [0.3, 0.4) is 0 Å². The minimum absolute atomic E-state index is 0.400. The summed E-state index contributed by atoms with van der Waals surface area (Å²) in [6.45, 7) is 5.71. The van der Waals surface area contributed by atoms with E-state index in [1.807, 2.05) is 11.6 Å². The van der Waals surface area contributed by atoms with Gasteiger partial charge in [0.25, 0.3) is 0 Å². The average molecular weight is 239 g/mol. The molecule has 1 fully saturated rings. The average Bonchev–Trinajstić information content (AvgIpc) is 2.84. The number of hydrogen-bond acceptors (Lipinski definition) is 4. The van der Waals surface area contributed by atoms with Crippen LogP contribution in [0.5, 0.6) is 0 Å². The van der Waals surface area contributed by atoms with Gasteiger partial charge in [-0.2, -0.15) is 0 Å². The summed E-state index contributed by atoms with van der Waals surface area (Å²) in [5, 5.41) is 10.3. The van der Waals surface area contributed by atoms with Gasteiger partial charge in [-0.15, -0.1) is 11.3 Å². The van der Waals surface area contributed by atoms with Crippen LogP contribution < -0.4 is 10.6 Å². The Balaban J connectivity index is 1.63. The Labute approximate surface area is 102 Å². The first-order valence-electron chi connectivity index (χ1n) is 6.20. The van der Waals surface area contributed by atoms with Gasteiger partial charge in [-0.05, 0) is 51.7 Å². The molecule has 0 aromatic carbocycles. The third-order valence-corrected chi connectivity index (χ3v) is 4.18. The van der Waals surface area contributed by atoms with Crippen LogP contribution in [-0.2, 0) is 0 Å². The zero-order chi connectivity index (χ0) is 11.2. The lowest BCUT2D eigenvalue weighted by atomic mass is 9.96. The molecule has 1 aromatic heterocycles. The molecule has 0 bridgehead atoms. The molecule has 0 amide bonds. The van der Waals surface area contributed by atoms with Gasteiger partial charge < -0.3 is 10.6 Å². The summed E-state index contributed by atoms with van der Waals surface area (Å²) in [7, 11) is 0.